The first-order valence-corrected chi connectivity index (χ1v) is 12.3. The lowest BCUT2D eigenvalue weighted by Gasteiger charge is -2.19. The smallest absolute Gasteiger partial charge is 0.338 e. The van der Waals surface area contributed by atoms with E-state index in [0.717, 1.165) is 11.1 Å². The Morgan fingerprint density at radius 1 is 0.824 bits per heavy atom. The molecule has 34 heavy (non-hydrogen) atoms. The molecule has 0 aliphatic carbocycles. The summed E-state index contributed by atoms with van der Waals surface area (Å²) in [4.78, 5) is 25.1. The minimum absolute atomic E-state index is 0.0693. The Morgan fingerprint density at radius 2 is 1.44 bits per heavy atom. The summed E-state index contributed by atoms with van der Waals surface area (Å²) in [5, 5.41) is 1.60. The summed E-state index contributed by atoms with van der Waals surface area (Å²) < 4.78 is 7.01. The van der Waals surface area contributed by atoms with Crippen LogP contribution in [0.2, 0.25) is 20.1 Å². The van der Waals surface area contributed by atoms with Gasteiger partial charge in [-0.05, 0) is 87.6 Å². The number of hydrogen-bond acceptors (Lipinski definition) is 3. The summed E-state index contributed by atoms with van der Waals surface area (Å²) in [6.45, 7) is 5.86. The van der Waals surface area contributed by atoms with Gasteiger partial charge >= 0.3 is 5.97 Å². The first-order valence-electron chi connectivity index (χ1n) is 10.8. The Bertz CT molecular complexity index is 1220. The fourth-order valence-electron chi connectivity index (χ4n) is 3.53. The molecule has 0 N–H and O–H groups in total. The highest BCUT2D eigenvalue weighted by atomic mass is 35.5. The van der Waals surface area contributed by atoms with Gasteiger partial charge in [0.1, 0.15) is 10.6 Å². The van der Waals surface area contributed by atoms with Crippen molar-refractivity contribution in [2.45, 2.75) is 52.2 Å². The number of rotatable bonds is 7. The van der Waals surface area contributed by atoms with Gasteiger partial charge in [-0.1, -0.05) is 58.5 Å². The summed E-state index contributed by atoms with van der Waals surface area (Å²) in [5.41, 5.74) is 2.22. The molecule has 8 heteroatoms. The maximum Gasteiger partial charge on any atom is 0.338 e. The van der Waals surface area contributed by atoms with Crippen molar-refractivity contribution >= 4 is 52.4 Å². The Kier molecular flexibility index (Phi) is 8.75. The average molecular weight is 541 g/mol. The molecule has 3 rings (SSSR count). The van der Waals surface area contributed by atoms with Crippen LogP contribution >= 0.6 is 46.4 Å². The largest absolute Gasteiger partial charge is 0.456 e. The van der Waals surface area contributed by atoms with Gasteiger partial charge in [0.05, 0.1) is 10.6 Å². The summed E-state index contributed by atoms with van der Waals surface area (Å²) >= 11 is 24.8. The van der Waals surface area contributed by atoms with Crippen molar-refractivity contribution in [1.82, 2.24) is 4.57 Å². The molecule has 0 aliphatic heterocycles. The SMILES string of the molecule is CC(C)(C)OC(=O)c1ccc(CCn2c(CCc3cc(Cl)cc(Cl)c3)c(Cl)cc(Cl)c2=O)cc1. The number of esters is 1. The zero-order valence-corrected chi connectivity index (χ0v) is 22.2. The van der Waals surface area contributed by atoms with Gasteiger partial charge in [0, 0.05) is 22.3 Å². The lowest BCUT2D eigenvalue weighted by Crippen LogP contribution is -2.26. The molecule has 4 nitrogen and oxygen atoms in total. The minimum atomic E-state index is -0.560. The third kappa shape index (κ3) is 7.26. The average Bonchev–Trinajstić information content (AvgIpc) is 2.73. The molecule has 0 spiro atoms. The van der Waals surface area contributed by atoms with Crippen LogP contribution in [0.5, 0.6) is 0 Å². The van der Waals surface area contributed by atoms with Crippen molar-refractivity contribution in [2.24, 2.45) is 0 Å². The van der Waals surface area contributed by atoms with Crippen LogP contribution in [0.3, 0.4) is 0 Å². The second kappa shape index (κ2) is 11.2. The second-order valence-electron chi connectivity index (χ2n) is 8.97. The lowest BCUT2D eigenvalue weighted by atomic mass is 10.1. The third-order valence-corrected chi connectivity index (χ3v) is 6.12. The summed E-state index contributed by atoms with van der Waals surface area (Å²) in [5.74, 6) is -0.375. The van der Waals surface area contributed by atoms with Crippen molar-refractivity contribution in [3.8, 4) is 0 Å². The first-order chi connectivity index (χ1) is 15.9. The van der Waals surface area contributed by atoms with E-state index in [2.05, 4.69) is 0 Å². The summed E-state index contributed by atoms with van der Waals surface area (Å²) in [7, 11) is 0. The van der Waals surface area contributed by atoms with Crippen LogP contribution in [0.25, 0.3) is 0 Å². The predicted octanol–water partition coefficient (Wildman–Crippen LogP) is 7.45. The molecule has 0 unspecified atom stereocenters. The summed E-state index contributed by atoms with van der Waals surface area (Å²) in [6, 6.07) is 14.0. The van der Waals surface area contributed by atoms with E-state index in [0.29, 0.717) is 52.1 Å². The highest BCUT2D eigenvalue weighted by Crippen LogP contribution is 2.24. The topological polar surface area (TPSA) is 48.3 Å². The number of carbonyl (C=O) groups excluding carboxylic acids is 1. The van der Waals surface area contributed by atoms with Crippen LogP contribution < -0.4 is 5.56 Å². The van der Waals surface area contributed by atoms with E-state index in [1.807, 2.05) is 45.0 Å². The van der Waals surface area contributed by atoms with Crippen molar-refractivity contribution < 1.29 is 9.53 Å². The molecule has 0 bridgehead atoms. The van der Waals surface area contributed by atoms with Gasteiger partial charge in [0.15, 0.2) is 0 Å². The minimum Gasteiger partial charge on any atom is -0.456 e. The van der Waals surface area contributed by atoms with Gasteiger partial charge in [-0.2, -0.15) is 0 Å². The van der Waals surface area contributed by atoms with E-state index in [4.69, 9.17) is 51.1 Å². The van der Waals surface area contributed by atoms with Gasteiger partial charge < -0.3 is 9.30 Å². The molecule has 0 atom stereocenters. The van der Waals surface area contributed by atoms with Gasteiger partial charge in [-0.3, -0.25) is 4.79 Å². The molecule has 0 amide bonds. The van der Waals surface area contributed by atoms with Crippen LogP contribution in [-0.2, 0) is 30.5 Å². The number of pyridine rings is 1. The van der Waals surface area contributed by atoms with E-state index in [1.165, 1.54) is 6.07 Å². The van der Waals surface area contributed by atoms with Gasteiger partial charge in [-0.15, -0.1) is 0 Å². The number of hydrogen-bond donors (Lipinski definition) is 0. The van der Waals surface area contributed by atoms with Crippen molar-refractivity contribution in [3.63, 3.8) is 0 Å². The van der Waals surface area contributed by atoms with E-state index in [9.17, 15) is 9.59 Å². The number of ether oxygens (including phenoxy) is 1. The third-order valence-electron chi connectivity index (χ3n) is 5.09. The Labute approximate surface area is 219 Å². The molecule has 1 heterocycles. The number of aryl methyl sites for hydroxylation is 2. The van der Waals surface area contributed by atoms with Crippen molar-refractivity contribution in [3.05, 3.63) is 101 Å². The molecule has 1 aromatic heterocycles. The van der Waals surface area contributed by atoms with Crippen LogP contribution in [0.4, 0.5) is 0 Å². The van der Waals surface area contributed by atoms with Gasteiger partial charge in [0.2, 0.25) is 0 Å². The van der Waals surface area contributed by atoms with Crippen LogP contribution in [0.15, 0.2) is 53.3 Å². The monoisotopic (exact) mass is 539 g/mol. The standard InChI is InChI=1S/C26H25Cl4NO3/c1-26(2,3)34-25(33)18-7-4-16(5-8-18)10-11-31-23(21(29)15-22(30)24(31)32)9-6-17-12-19(27)14-20(28)13-17/h4-5,7-8,12-15H,6,9-11H2,1-3H3. The number of halogens is 4. The second-order valence-corrected chi connectivity index (χ2v) is 10.7. The Hall–Kier alpha value is -1.98. The quantitative estimate of drug-likeness (QED) is 0.292. The predicted molar refractivity (Wildman–Crippen MR) is 140 cm³/mol. The fraction of sp³-hybridized carbons (Fsp3) is 0.308. The van der Waals surface area contributed by atoms with Crippen LogP contribution in [0, 0.1) is 0 Å². The number of nitrogens with zero attached hydrogens (tertiary/aromatic N) is 1. The maximum atomic E-state index is 12.8. The number of carbonyl (C=O) groups is 1. The molecule has 0 radical (unpaired) electrons. The highest BCUT2D eigenvalue weighted by molar-refractivity contribution is 6.35. The molecular formula is C26H25Cl4NO3. The van der Waals surface area contributed by atoms with Crippen LogP contribution in [0.1, 0.15) is 48.0 Å². The fourth-order valence-corrected chi connectivity index (χ4v) is 4.67. The van der Waals surface area contributed by atoms with E-state index < -0.39 is 5.60 Å². The number of aromatic nitrogens is 1. The Morgan fingerprint density at radius 3 is 2.03 bits per heavy atom. The molecule has 0 saturated carbocycles. The van der Waals surface area contributed by atoms with E-state index >= 15 is 0 Å². The molecular weight excluding hydrogens is 516 g/mol. The first kappa shape index (κ1) is 26.6. The van der Waals surface area contributed by atoms with Crippen LogP contribution in [-0.4, -0.2) is 16.1 Å². The molecule has 2 aromatic carbocycles. The van der Waals surface area contributed by atoms with Crippen molar-refractivity contribution in [1.29, 1.82) is 0 Å². The van der Waals surface area contributed by atoms with E-state index in [-0.39, 0.29) is 16.6 Å². The maximum absolute atomic E-state index is 12.8. The Balaban J connectivity index is 1.77. The van der Waals surface area contributed by atoms with Gasteiger partial charge in [-0.25, -0.2) is 4.79 Å². The molecule has 3 aromatic rings. The lowest BCUT2D eigenvalue weighted by molar-refractivity contribution is 0.00695. The van der Waals surface area contributed by atoms with Gasteiger partial charge in [0.25, 0.3) is 5.56 Å². The normalized spacial score (nSPS) is 11.5. The zero-order chi connectivity index (χ0) is 25.0. The van der Waals surface area contributed by atoms with E-state index in [1.54, 1.807) is 22.8 Å². The highest BCUT2D eigenvalue weighted by Gasteiger charge is 2.18. The number of benzene rings is 2. The summed E-state index contributed by atoms with van der Waals surface area (Å²) in [6.07, 6.45) is 1.67. The van der Waals surface area contributed by atoms with Crippen molar-refractivity contribution in [2.75, 3.05) is 0 Å². The zero-order valence-electron chi connectivity index (χ0n) is 19.1. The molecule has 0 aliphatic rings. The molecule has 0 fully saturated rings. The molecule has 180 valence electrons. The molecule has 0 saturated heterocycles.